The van der Waals surface area contributed by atoms with Crippen LogP contribution in [0.1, 0.15) is 17.2 Å². The number of nitriles is 2. The Bertz CT molecular complexity index is 2120. The van der Waals surface area contributed by atoms with Crippen LogP contribution in [-0.4, -0.2) is 4.98 Å². The number of nitrogens with zero attached hydrogens (tertiary/aromatic N) is 3. The first-order valence-electron chi connectivity index (χ1n) is 13.3. The molecule has 1 unspecified atom stereocenters. The van der Waals surface area contributed by atoms with Gasteiger partial charge in [0.2, 0.25) is 0 Å². The highest BCUT2D eigenvalue weighted by Crippen LogP contribution is 2.36. The normalized spacial score (nSPS) is 14.3. The summed E-state index contributed by atoms with van der Waals surface area (Å²) in [5.74, 6) is 0. The van der Waals surface area contributed by atoms with Crippen LogP contribution in [0.25, 0.3) is 55.4 Å². The van der Waals surface area contributed by atoms with Crippen LogP contribution in [0, 0.1) is 22.7 Å². The highest BCUT2D eigenvalue weighted by Gasteiger charge is 2.14. The second kappa shape index (κ2) is 10.0. The zero-order valence-corrected chi connectivity index (χ0v) is 21.9. The fourth-order valence-electron chi connectivity index (χ4n) is 5.36. The Morgan fingerprint density at radius 2 is 1.37 bits per heavy atom. The molecule has 192 valence electrons. The molecule has 2 aromatic heterocycles. The molecule has 41 heavy (non-hydrogen) atoms. The van der Waals surface area contributed by atoms with E-state index in [4.69, 9.17) is 4.42 Å². The molecule has 1 atom stereocenters. The Kier molecular flexibility index (Phi) is 5.89. The van der Waals surface area contributed by atoms with Crippen LogP contribution < -0.4 is 5.32 Å². The minimum absolute atomic E-state index is 0.0519. The standard InChI is InChI=1S/C36H22N4O/c37-21-23-11-13-39-33(15-23)29-5-1-3-25(17-29)27-7-9-35-31(19-27)32-20-28(8-10-36(32)41-35)26-4-2-6-30(18-26)34-16-24(22-38)12-14-40-34/h1-20,33,39H. The molecule has 1 aliphatic rings. The quantitative estimate of drug-likeness (QED) is 0.249. The van der Waals surface area contributed by atoms with Gasteiger partial charge in [-0.3, -0.25) is 4.98 Å². The lowest BCUT2D eigenvalue weighted by molar-refractivity contribution is 0.669. The molecule has 0 saturated heterocycles. The van der Waals surface area contributed by atoms with E-state index in [1.54, 1.807) is 18.3 Å². The Morgan fingerprint density at radius 1 is 0.683 bits per heavy atom. The van der Waals surface area contributed by atoms with Gasteiger partial charge in [-0.2, -0.15) is 10.5 Å². The number of aromatic nitrogens is 1. The monoisotopic (exact) mass is 526 g/mol. The van der Waals surface area contributed by atoms with Gasteiger partial charge in [0.15, 0.2) is 0 Å². The zero-order chi connectivity index (χ0) is 27.8. The SMILES string of the molecule is N#CC1=CC(c2cccc(-c3ccc4oc5ccc(-c6cccc(-c7cc(C#N)ccn7)c6)cc5c4c3)c2)NC=C1. The summed E-state index contributed by atoms with van der Waals surface area (Å²) in [4.78, 5) is 4.47. The third-order valence-electron chi connectivity index (χ3n) is 7.44. The molecule has 0 saturated carbocycles. The molecule has 5 nitrogen and oxygen atoms in total. The molecule has 0 bridgehead atoms. The van der Waals surface area contributed by atoms with Gasteiger partial charge in [0, 0.05) is 22.5 Å². The summed E-state index contributed by atoms with van der Waals surface area (Å²) in [5, 5.41) is 24.0. The maximum Gasteiger partial charge on any atom is 0.135 e. The van der Waals surface area contributed by atoms with Gasteiger partial charge >= 0.3 is 0 Å². The topological polar surface area (TPSA) is 85.6 Å². The summed E-state index contributed by atoms with van der Waals surface area (Å²) < 4.78 is 6.20. The van der Waals surface area contributed by atoms with Crippen molar-refractivity contribution < 1.29 is 4.42 Å². The number of dihydropyridines is 1. The van der Waals surface area contributed by atoms with Crippen molar-refractivity contribution in [3.05, 3.63) is 138 Å². The highest BCUT2D eigenvalue weighted by atomic mass is 16.3. The van der Waals surface area contributed by atoms with E-state index in [2.05, 4.69) is 83.1 Å². The van der Waals surface area contributed by atoms with E-state index in [0.29, 0.717) is 11.1 Å². The van der Waals surface area contributed by atoms with E-state index in [0.717, 1.165) is 61.0 Å². The van der Waals surface area contributed by atoms with E-state index < -0.39 is 0 Å². The third kappa shape index (κ3) is 4.52. The molecule has 5 heteroatoms. The average Bonchev–Trinajstić information content (AvgIpc) is 3.42. The first kappa shape index (κ1) is 24.2. The van der Waals surface area contributed by atoms with Crippen molar-refractivity contribution >= 4 is 21.9 Å². The Morgan fingerprint density at radius 3 is 2.10 bits per heavy atom. The number of rotatable bonds is 4. The van der Waals surface area contributed by atoms with Crippen LogP contribution in [0.5, 0.6) is 0 Å². The van der Waals surface area contributed by atoms with Crippen molar-refractivity contribution in [2.24, 2.45) is 0 Å². The summed E-state index contributed by atoms with van der Waals surface area (Å²) in [7, 11) is 0. The highest BCUT2D eigenvalue weighted by molar-refractivity contribution is 6.07. The lowest BCUT2D eigenvalue weighted by Gasteiger charge is -2.18. The summed E-state index contributed by atoms with van der Waals surface area (Å²) in [6.45, 7) is 0. The number of benzene rings is 4. The minimum Gasteiger partial charge on any atom is -0.456 e. The van der Waals surface area contributed by atoms with Crippen molar-refractivity contribution in [1.29, 1.82) is 10.5 Å². The summed E-state index contributed by atoms with van der Waals surface area (Å²) in [6, 6.07) is 37.0. The fraction of sp³-hybridized carbons (Fsp3) is 0.0278. The molecule has 6 aromatic rings. The van der Waals surface area contributed by atoms with Crippen LogP contribution in [0.2, 0.25) is 0 Å². The van der Waals surface area contributed by atoms with E-state index in [-0.39, 0.29) is 6.04 Å². The van der Waals surface area contributed by atoms with Crippen LogP contribution in [-0.2, 0) is 0 Å². The first-order chi connectivity index (χ1) is 20.2. The van der Waals surface area contributed by atoms with Gasteiger partial charge in [-0.25, -0.2) is 0 Å². The maximum atomic E-state index is 9.31. The van der Waals surface area contributed by atoms with E-state index in [1.807, 2.05) is 42.6 Å². The summed E-state index contributed by atoms with van der Waals surface area (Å²) in [5.41, 5.74) is 10.0. The molecule has 0 spiro atoms. The van der Waals surface area contributed by atoms with Gasteiger partial charge in [0.25, 0.3) is 0 Å². The number of pyridine rings is 1. The Labute approximate surface area is 236 Å². The molecule has 3 heterocycles. The van der Waals surface area contributed by atoms with Crippen molar-refractivity contribution in [2.75, 3.05) is 0 Å². The molecule has 1 aliphatic heterocycles. The number of allylic oxidation sites excluding steroid dienone is 2. The number of hydrogen-bond acceptors (Lipinski definition) is 5. The first-order valence-corrected chi connectivity index (χ1v) is 13.3. The number of nitrogens with one attached hydrogen (secondary N) is 1. The van der Waals surface area contributed by atoms with Gasteiger partial charge in [-0.1, -0.05) is 48.5 Å². The summed E-state index contributed by atoms with van der Waals surface area (Å²) >= 11 is 0. The van der Waals surface area contributed by atoms with Crippen LogP contribution in [0.4, 0.5) is 0 Å². The third-order valence-corrected chi connectivity index (χ3v) is 7.44. The van der Waals surface area contributed by atoms with Crippen molar-refractivity contribution in [3.63, 3.8) is 0 Å². The molecule has 0 aliphatic carbocycles. The predicted octanol–water partition coefficient (Wildman–Crippen LogP) is 8.46. The van der Waals surface area contributed by atoms with Crippen molar-refractivity contribution in [3.8, 4) is 45.6 Å². The van der Waals surface area contributed by atoms with Crippen molar-refractivity contribution in [2.45, 2.75) is 6.04 Å². The Hall–Kier alpha value is -5.91. The molecular formula is C36H22N4O. The lowest BCUT2D eigenvalue weighted by atomic mass is 9.96. The second-order valence-corrected chi connectivity index (χ2v) is 9.98. The average molecular weight is 527 g/mol. The fourth-order valence-corrected chi connectivity index (χ4v) is 5.36. The minimum atomic E-state index is -0.0519. The number of furan rings is 1. The van der Waals surface area contributed by atoms with Crippen LogP contribution in [0.3, 0.4) is 0 Å². The maximum absolute atomic E-state index is 9.31. The van der Waals surface area contributed by atoms with Crippen LogP contribution >= 0.6 is 0 Å². The predicted molar refractivity (Wildman–Crippen MR) is 161 cm³/mol. The largest absolute Gasteiger partial charge is 0.456 e. The van der Waals surface area contributed by atoms with Crippen molar-refractivity contribution in [1.82, 2.24) is 10.3 Å². The van der Waals surface area contributed by atoms with E-state index in [9.17, 15) is 10.5 Å². The molecule has 0 radical (unpaired) electrons. The Balaban J connectivity index is 1.27. The van der Waals surface area contributed by atoms with E-state index >= 15 is 0 Å². The van der Waals surface area contributed by atoms with E-state index in [1.165, 1.54) is 0 Å². The molecule has 7 rings (SSSR count). The zero-order valence-electron chi connectivity index (χ0n) is 21.9. The molecule has 1 N–H and O–H groups in total. The summed E-state index contributed by atoms with van der Waals surface area (Å²) in [6.07, 6.45) is 7.22. The smallest absolute Gasteiger partial charge is 0.135 e. The van der Waals surface area contributed by atoms with Gasteiger partial charge in [0.1, 0.15) is 11.2 Å². The molecular weight excluding hydrogens is 504 g/mol. The van der Waals surface area contributed by atoms with Crippen LogP contribution in [0.15, 0.2) is 132 Å². The van der Waals surface area contributed by atoms with Gasteiger partial charge in [0.05, 0.1) is 35.0 Å². The number of hydrogen-bond donors (Lipinski definition) is 1. The van der Waals surface area contributed by atoms with Gasteiger partial charge in [-0.15, -0.1) is 0 Å². The second-order valence-electron chi connectivity index (χ2n) is 9.98. The van der Waals surface area contributed by atoms with Gasteiger partial charge < -0.3 is 9.73 Å². The lowest BCUT2D eigenvalue weighted by Crippen LogP contribution is -2.16. The number of fused-ring (bicyclic) bond motifs is 3. The molecule has 0 amide bonds. The van der Waals surface area contributed by atoms with Gasteiger partial charge in [-0.05, 0) is 94.7 Å². The molecule has 4 aromatic carbocycles. The molecule has 0 fully saturated rings.